The Morgan fingerprint density at radius 2 is 1.92 bits per heavy atom. The van der Waals surface area contributed by atoms with Crippen LogP contribution < -0.4 is 0 Å². The lowest BCUT2D eigenvalue weighted by Crippen LogP contribution is -2.53. The average molecular weight is 329 g/mol. The fourth-order valence-electron chi connectivity index (χ4n) is 4.49. The highest BCUT2D eigenvalue weighted by Crippen LogP contribution is 2.37. The number of benzene rings is 2. The molecule has 0 amide bonds. The van der Waals surface area contributed by atoms with Crippen LogP contribution in [0, 0.1) is 0 Å². The molecule has 2 atom stereocenters. The van der Waals surface area contributed by atoms with Crippen LogP contribution in [-0.4, -0.2) is 30.2 Å². The average Bonchev–Trinajstić information content (AvgIpc) is 3.11. The Bertz CT molecular complexity index is 836. The van der Waals surface area contributed by atoms with Gasteiger partial charge in [0.25, 0.3) is 0 Å². The van der Waals surface area contributed by atoms with Crippen molar-refractivity contribution in [2.45, 2.75) is 31.5 Å². The number of ether oxygens (including phenoxy) is 1. The minimum Gasteiger partial charge on any atom is -0.378 e. The van der Waals surface area contributed by atoms with Crippen molar-refractivity contribution in [2.24, 2.45) is 0 Å². The second-order valence-electron chi connectivity index (χ2n) is 7.29. The zero-order valence-corrected chi connectivity index (χ0v) is 14.4. The van der Waals surface area contributed by atoms with Gasteiger partial charge in [0.05, 0.1) is 19.3 Å². The molecule has 0 N–H and O–H groups in total. The Morgan fingerprint density at radius 1 is 1.00 bits per heavy atom. The van der Waals surface area contributed by atoms with E-state index in [0.717, 1.165) is 32.6 Å². The number of nitrogens with zero attached hydrogens (tertiary/aromatic N) is 1. The molecule has 2 heterocycles. The molecular weight excluding hydrogens is 306 g/mol. The van der Waals surface area contributed by atoms with Gasteiger partial charge >= 0.3 is 0 Å². The highest BCUT2D eigenvalue weighted by Gasteiger charge is 2.35. The molecule has 2 unspecified atom stereocenters. The smallest absolute Gasteiger partial charge is 0.0658 e. The van der Waals surface area contributed by atoms with Crippen LogP contribution in [0.4, 0.5) is 0 Å². The van der Waals surface area contributed by atoms with Crippen molar-refractivity contribution < 1.29 is 4.74 Å². The third-order valence-corrected chi connectivity index (χ3v) is 5.73. The summed E-state index contributed by atoms with van der Waals surface area (Å²) in [6.07, 6.45) is 9.16. The molecule has 0 saturated carbocycles. The first-order valence-electron chi connectivity index (χ1n) is 9.25. The Balaban J connectivity index is 1.46. The van der Waals surface area contributed by atoms with Gasteiger partial charge in [-0.25, -0.2) is 0 Å². The maximum absolute atomic E-state index is 5.88. The van der Waals surface area contributed by atoms with Crippen LogP contribution in [0.5, 0.6) is 0 Å². The molecule has 25 heavy (non-hydrogen) atoms. The van der Waals surface area contributed by atoms with Gasteiger partial charge in [-0.05, 0) is 40.7 Å². The van der Waals surface area contributed by atoms with Gasteiger partial charge in [-0.1, -0.05) is 66.8 Å². The number of allylic oxidation sites excluding steroid dienone is 1. The molecule has 2 nitrogen and oxygen atoms in total. The van der Waals surface area contributed by atoms with E-state index in [4.69, 9.17) is 4.74 Å². The second kappa shape index (κ2) is 6.29. The second-order valence-corrected chi connectivity index (χ2v) is 7.29. The van der Waals surface area contributed by atoms with Crippen molar-refractivity contribution >= 4 is 11.6 Å². The number of fused-ring (bicyclic) bond motifs is 3. The summed E-state index contributed by atoms with van der Waals surface area (Å²) < 4.78 is 5.88. The van der Waals surface area contributed by atoms with Gasteiger partial charge in [-0.2, -0.15) is 0 Å². The van der Waals surface area contributed by atoms with E-state index in [1.54, 1.807) is 0 Å². The highest BCUT2D eigenvalue weighted by molar-refractivity contribution is 5.76. The molecule has 2 aromatic rings. The van der Waals surface area contributed by atoms with Gasteiger partial charge in [0.1, 0.15) is 0 Å². The van der Waals surface area contributed by atoms with Crippen molar-refractivity contribution in [3.05, 3.63) is 82.9 Å². The lowest BCUT2D eigenvalue weighted by atomic mass is 9.86. The first-order chi connectivity index (χ1) is 12.4. The van der Waals surface area contributed by atoms with Gasteiger partial charge < -0.3 is 4.74 Å². The summed E-state index contributed by atoms with van der Waals surface area (Å²) in [5.41, 5.74) is 7.26. The highest BCUT2D eigenvalue weighted by atomic mass is 16.5. The summed E-state index contributed by atoms with van der Waals surface area (Å²) in [6.45, 7) is 2.66. The van der Waals surface area contributed by atoms with Gasteiger partial charge in [0, 0.05) is 12.6 Å². The predicted molar refractivity (Wildman–Crippen MR) is 102 cm³/mol. The minimum absolute atomic E-state index is 0.382. The molecule has 0 radical (unpaired) electrons. The zero-order valence-electron chi connectivity index (χ0n) is 14.4. The number of rotatable bonds is 3. The molecule has 3 aliphatic rings. The monoisotopic (exact) mass is 329 g/mol. The summed E-state index contributed by atoms with van der Waals surface area (Å²) in [5.74, 6) is 0. The Morgan fingerprint density at radius 3 is 2.80 bits per heavy atom. The molecule has 0 spiro atoms. The molecule has 2 aromatic carbocycles. The number of hydrogen-bond acceptors (Lipinski definition) is 2. The van der Waals surface area contributed by atoms with Gasteiger partial charge in [0.15, 0.2) is 0 Å². The van der Waals surface area contributed by atoms with Crippen LogP contribution >= 0.6 is 0 Å². The van der Waals surface area contributed by atoms with Crippen LogP contribution in [-0.2, 0) is 17.7 Å². The Kier molecular flexibility index (Phi) is 3.80. The zero-order chi connectivity index (χ0) is 16.6. The first-order valence-corrected chi connectivity index (χ1v) is 9.25. The third-order valence-electron chi connectivity index (χ3n) is 5.73. The van der Waals surface area contributed by atoms with Gasteiger partial charge in [-0.15, -0.1) is 0 Å². The van der Waals surface area contributed by atoms with E-state index in [-0.39, 0.29) is 0 Å². The van der Waals surface area contributed by atoms with E-state index in [1.165, 1.54) is 27.8 Å². The maximum atomic E-state index is 5.88. The number of hydrogen-bond donors (Lipinski definition) is 0. The minimum atomic E-state index is 0.382. The normalized spacial score (nSPS) is 24.9. The summed E-state index contributed by atoms with van der Waals surface area (Å²) >= 11 is 0. The summed E-state index contributed by atoms with van der Waals surface area (Å²) in [4.78, 5) is 2.63. The van der Waals surface area contributed by atoms with E-state index >= 15 is 0 Å². The molecule has 0 aromatic heterocycles. The fourth-order valence-corrected chi connectivity index (χ4v) is 4.49. The molecule has 126 valence electrons. The summed E-state index contributed by atoms with van der Waals surface area (Å²) in [6, 6.07) is 18.4. The predicted octanol–water partition coefficient (Wildman–Crippen LogP) is 4.31. The van der Waals surface area contributed by atoms with Crippen LogP contribution in [0.25, 0.3) is 11.6 Å². The summed E-state index contributed by atoms with van der Waals surface area (Å²) in [5, 5.41) is 0. The van der Waals surface area contributed by atoms with Gasteiger partial charge in [0.2, 0.25) is 0 Å². The molecule has 2 bridgehead atoms. The summed E-state index contributed by atoms with van der Waals surface area (Å²) in [7, 11) is 0. The molecule has 1 fully saturated rings. The fraction of sp³-hybridized carbons (Fsp3) is 0.304. The molecular formula is C23H23NO. The van der Waals surface area contributed by atoms with E-state index in [9.17, 15) is 0 Å². The molecule has 2 aliphatic heterocycles. The molecule has 1 aliphatic carbocycles. The van der Waals surface area contributed by atoms with Crippen molar-refractivity contribution in [2.75, 3.05) is 13.2 Å². The Hall–Kier alpha value is -2.16. The SMILES string of the molecule is C1=Cc2cccc(C3=CC4COCC(C3)N4Cc3ccccc3)c2C1. The molecule has 5 rings (SSSR count). The van der Waals surface area contributed by atoms with Crippen LogP contribution in [0.2, 0.25) is 0 Å². The molecule has 1 saturated heterocycles. The van der Waals surface area contributed by atoms with Crippen LogP contribution in [0.15, 0.2) is 60.7 Å². The standard InChI is InChI=1S/C23H23NO/c1-2-6-17(7-3-1)14-24-20-12-19(13-21(24)16-25-15-20)23-11-5-9-18-8-4-10-22(18)23/h1-9,11-12,20-21H,10,13-16H2. The van der Waals surface area contributed by atoms with E-state index in [2.05, 4.69) is 71.7 Å². The van der Waals surface area contributed by atoms with Crippen molar-refractivity contribution in [3.63, 3.8) is 0 Å². The maximum Gasteiger partial charge on any atom is 0.0658 e. The lowest BCUT2D eigenvalue weighted by molar-refractivity contribution is -0.0402. The van der Waals surface area contributed by atoms with E-state index in [1.807, 2.05) is 0 Å². The molecule has 2 heteroatoms. The quantitative estimate of drug-likeness (QED) is 0.832. The van der Waals surface area contributed by atoms with Crippen molar-refractivity contribution in [1.29, 1.82) is 0 Å². The first kappa shape index (κ1) is 15.1. The largest absolute Gasteiger partial charge is 0.378 e. The van der Waals surface area contributed by atoms with Crippen molar-refractivity contribution in [3.8, 4) is 0 Å². The van der Waals surface area contributed by atoms with E-state index in [0.29, 0.717) is 12.1 Å². The van der Waals surface area contributed by atoms with E-state index < -0.39 is 0 Å². The number of morpholine rings is 1. The van der Waals surface area contributed by atoms with Crippen LogP contribution in [0.1, 0.15) is 28.7 Å². The Labute approximate surface area is 149 Å². The third kappa shape index (κ3) is 2.76. The van der Waals surface area contributed by atoms with Gasteiger partial charge in [-0.3, -0.25) is 4.90 Å². The lowest BCUT2D eigenvalue weighted by Gasteiger charge is -2.45. The topological polar surface area (TPSA) is 12.5 Å². The van der Waals surface area contributed by atoms with Crippen molar-refractivity contribution in [1.82, 2.24) is 4.90 Å². The van der Waals surface area contributed by atoms with Crippen LogP contribution in [0.3, 0.4) is 0 Å².